The summed E-state index contributed by atoms with van der Waals surface area (Å²) in [6, 6.07) is 10.5. The molecule has 7 heteroatoms. The molecule has 2 rings (SSSR count). The summed E-state index contributed by atoms with van der Waals surface area (Å²) in [4.78, 5) is 40.3. The molecule has 0 saturated carbocycles. The minimum absolute atomic E-state index is 0.0233. The number of hydrogen-bond acceptors (Lipinski definition) is 7. The van der Waals surface area contributed by atoms with Gasteiger partial charge in [0.15, 0.2) is 0 Å². The van der Waals surface area contributed by atoms with Crippen LogP contribution in [0.1, 0.15) is 77.8 Å². The molecule has 0 aliphatic carbocycles. The van der Waals surface area contributed by atoms with E-state index in [0.29, 0.717) is 12.2 Å². The third kappa shape index (κ3) is 7.31. The number of pyridine rings is 1. The largest absolute Gasteiger partial charge is 0.462 e. The number of benzene rings is 1. The Labute approximate surface area is 176 Å². The summed E-state index contributed by atoms with van der Waals surface area (Å²) in [7, 11) is 0. The molecule has 7 nitrogen and oxygen atoms in total. The van der Waals surface area contributed by atoms with Crippen molar-refractivity contribution in [3.63, 3.8) is 0 Å². The number of carbonyl (C=O) groups excluding carboxylic acids is 3. The van der Waals surface area contributed by atoms with E-state index < -0.39 is 17.9 Å². The van der Waals surface area contributed by atoms with Gasteiger partial charge >= 0.3 is 17.9 Å². The number of esters is 3. The molecule has 2 aromatic rings. The van der Waals surface area contributed by atoms with Crippen molar-refractivity contribution in [1.29, 1.82) is 0 Å². The Morgan fingerprint density at radius 1 is 0.867 bits per heavy atom. The van der Waals surface area contributed by atoms with Crippen LogP contribution in [0.4, 0.5) is 0 Å². The van der Waals surface area contributed by atoms with Crippen molar-refractivity contribution in [2.24, 2.45) is 0 Å². The van der Waals surface area contributed by atoms with Gasteiger partial charge in [0.1, 0.15) is 17.1 Å². The van der Waals surface area contributed by atoms with Gasteiger partial charge in [-0.1, -0.05) is 32.3 Å². The molecule has 0 saturated heterocycles. The van der Waals surface area contributed by atoms with E-state index in [1.807, 2.05) is 0 Å². The van der Waals surface area contributed by atoms with Gasteiger partial charge in [-0.2, -0.15) is 0 Å². The second-order valence-electron chi connectivity index (χ2n) is 6.97. The lowest BCUT2D eigenvalue weighted by atomic mass is 10.2. The SMILES string of the molecule is CCCCCCOC(=O)c1ccc(OC(=O)c2cccc(C(=O)OC(C)C)n2)cc1. The van der Waals surface area contributed by atoms with E-state index in [4.69, 9.17) is 14.2 Å². The molecule has 0 unspecified atom stereocenters. The Balaban J connectivity index is 1.93. The van der Waals surface area contributed by atoms with Gasteiger partial charge in [0, 0.05) is 0 Å². The van der Waals surface area contributed by atoms with Gasteiger partial charge in [0.25, 0.3) is 0 Å². The monoisotopic (exact) mass is 413 g/mol. The van der Waals surface area contributed by atoms with E-state index in [0.717, 1.165) is 25.7 Å². The van der Waals surface area contributed by atoms with Gasteiger partial charge in [-0.25, -0.2) is 19.4 Å². The number of carbonyl (C=O) groups is 3. The molecule has 1 aromatic carbocycles. The fraction of sp³-hybridized carbons (Fsp3) is 0.391. The fourth-order valence-corrected chi connectivity index (χ4v) is 2.53. The quantitative estimate of drug-likeness (QED) is 0.319. The molecule has 0 aliphatic rings. The normalized spacial score (nSPS) is 10.5. The minimum Gasteiger partial charge on any atom is -0.462 e. The molecule has 0 amide bonds. The lowest BCUT2D eigenvalue weighted by Gasteiger charge is -2.08. The van der Waals surface area contributed by atoms with Crippen LogP contribution in [0.25, 0.3) is 0 Å². The van der Waals surface area contributed by atoms with Crippen molar-refractivity contribution in [3.05, 3.63) is 59.4 Å². The molecule has 0 radical (unpaired) electrons. The highest BCUT2D eigenvalue weighted by atomic mass is 16.5. The number of aromatic nitrogens is 1. The Morgan fingerprint density at radius 3 is 2.17 bits per heavy atom. The molecule has 0 fully saturated rings. The second-order valence-corrected chi connectivity index (χ2v) is 6.97. The standard InChI is InChI=1S/C23H27NO6/c1-4-5-6-7-15-28-21(25)17-11-13-18(14-12-17)30-23(27)20-10-8-9-19(24-20)22(26)29-16(2)3/h8-14,16H,4-7,15H2,1-3H3. The molecule has 0 N–H and O–H groups in total. The van der Waals surface area contributed by atoms with Crippen molar-refractivity contribution in [2.75, 3.05) is 6.61 Å². The van der Waals surface area contributed by atoms with E-state index in [1.54, 1.807) is 13.8 Å². The van der Waals surface area contributed by atoms with Crippen LogP contribution in [-0.4, -0.2) is 35.6 Å². The van der Waals surface area contributed by atoms with Crippen LogP contribution in [0.5, 0.6) is 5.75 Å². The molecule has 30 heavy (non-hydrogen) atoms. The van der Waals surface area contributed by atoms with Crippen LogP contribution in [0.2, 0.25) is 0 Å². The maximum absolute atomic E-state index is 12.3. The topological polar surface area (TPSA) is 91.8 Å². The molecule has 0 aliphatic heterocycles. The third-order valence-corrected chi connectivity index (χ3v) is 4.04. The Bertz CT molecular complexity index is 860. The molecule has 0 spiro atoms. The molecule has 0 atom stereocenters. The van der Waals surface area contributed by atoms with E-state index >= 15 is 0 Å². The van der Waals surface area contributed by atoms with Gasteiger partial charge < -0.3 is 14.2 Å². The van der Waals surface area contributed by atoms with E-state index in [-0.39, 0.29) is 23.2 Å². The maximum Gasteiger partial charge on any atom is 0.362 e. The molecular weight excluding hydrogens is 386 g/mol. The second kappa shape index (κ2) is 11.7. The van der Waals surface area contributed by atoms with E-state index in [9.17, 15) is 14.4 Å². The third-order valence-electron chi connectivity index (χ3n) is 4.04. The maximum atomic E-state index is 12.3. The molecule has 1 heterocycles. The van der Waals surface area contributed by atoms with Crippen molar-refractivity contribution in [2.45, 2.75) is 52.6 Å². The van der Waals surface area contributed by atoms with Crippen molar-refractivity contribution in [3.8, 4) is 5.75 Å². The Kier molecular flexibility index (Phi) is 9.00. The smallest absolute Gasteiger partial charge is 0.362 e. The molecule has 0 bridgehead atoms. The number of unbranched alkanes of at least 4 members (excludes halogenated alkanes) is 3. The zero-order valence-electron chi connectivity index (χ0n) is 17.6. The predicted octanol–water partition coefficient (Wildman–Crippen LogP) is 4.60. The highest BCUT2D eigenvalue weighted by molar-refractivity contribution is 5.93. The molecule has 1 aromatic heterocycles. The number of rotatable bonds is 10. The summed E-state index contributed by atoms with van der Waals surface area (Å²) >= 11 is 0. The van der Waals surface area contributed by atoms with Crippen LogP contribution >= 0.6 is 0 Å². The van der Waals surface area contributed by atoms with Crippen molar-refractivity contribution in [1.82, 2.24) is 4.98 Å². The predicted molar refractivity (Wildman–Crippen MR) is 111 cm³/mol. The Morgan fingerprint density at radius 2 is 1.53 bits per heavy atom. The number of hydrogen-bond donors (Lipinski definition) is 0. The minimum atomic E-state index is -0.722. The summed E-state index contributed by atoms with van der Waals surface area (Å²) in [6.45, 7) is 5.95. The van der Waals surface area contributed by atoms with Crippen molar-refractivity contribution < 1.29 is 28.6 Å². The number of nitrogens with zero attached hydrogens (tertiary/aromatic N) is 1. The van der Waals surface area contributed by atoms with Crippen LogP contribution in [0, 0.1) is 0 Å². The average molecular weight is 413 g/mol. The van der Waals surface area contributed by atoms with Crippen LogP contribution in [-0.2, 0) is 9.47 Å². The van der Waals surface area contributed by atoms with Gasteiger partial charge in [0.2, 0.25) is 0 Å². The first-order valence-corrected chi connectivity index (χ1v) is 10.1. The average Bonchev–Trinajstić information content (AvgIpc) is 2.73. The van der Waals surface area contributed by atoms with Crippen LogP contribution in [0.15, 0.2) is 42.5 Å². The van der Waals surface area contributed by atoms with Gasteiger partial charge in [-0.3, -0.25) is 0 Å². The molecular formula is C23H27NO6. The molecule has 160 valence electrons. The number of ether oxygens (including phenoxy) is 3. The summed E-state index contributed by atoms with van der Waals surface area (Å²) < 4.78 is 15.6. The zero-order valence-corrected chi connectivity index (χ0v) is 17.6. The van der Waals surface area contributed by atoms with Gasteiger partial charge in [0.05, 0.1) is 18.3 Å². The van der Waals surface area contributed by atoms with Gasteiger partial charge in [-0.15, -0.1) is 0 Å². The van der Waals surface area contributed by atoms with E-state index in [2.05, 4.69) is 11.9 Å². The highest BCUT2D eigenvalue weighted by Crippen LogP contribution is 2.15. The first kappa shape index (κ1) is 23.1. The van der Waals surface area contributed by atoms with Gasteiger partial charge in [-0.05, 0) is 56.7 Å². The first-order chi connectivity index (χ1) is 14.4. The zero-order chi connectivity index (χ0) is 21.9. The van der Waals surface area contributed by atoms with Crippen molar-refractivity contribution >= 4 is 17.9 Å². The first-order valence-electron chi connectivity index (χ1n) is 10.1. The van der Waals surface area contributed by atoms with Crippen LogP contribution in [0.3, 0.4) is 0 Å². The summed E-state index contributed by atoms with van der Waals surface area (Å²) in [5.74, 6) is -1.50. The summed E-state index contributed by atoms with van der Waals surface area (Å²) in [5.41, 5.74) is 0.376. The lowest BCUT2D eigenvalue weighted by molar-refractivity contribution is 0.0370. The fourth-order valence-electron chi connectivity index (χ4n) is 2.53. The van der Waals surface area contributed by atoms with E-state index in [1.165, 1.54) is 42.5 Å². The Hall–Kier alpha value is -3.22. The lowest BCUT2D eigenvalue weighted by Crippen LogP contribution is -2.16. The summed E-state index contributed by atoms with van der Waals surface area (Å²) in [5, 5.41) is 0. The van der Waals surface area contributed by atoms with Crippen LogP contribution < -0.4 is 4.74 Å². The highest BCUT2D eigenvalue weighted by Gasteiger charge is 2.16. The summed E-state index contributed by atoms with van der Waals surface area (Å²) in [6.07, 6.45) is 3.82.